The van der Waals surface area contributed by atoms with Crippen molar-refractivity contribution in [2.24, 2.45) is 17.8 Å². The zero-order valence-corrected chi connectivity index (χ0v) is 11.0. The molecule has 0 saturated heterocycles. The zero-order chi connectivity index (χ0) is 11.6. The Morgan fingerprint density at radius 2 is 1.29 bits per heavy atom. The van der Waals surface area contributed by atoms with Gasteiger partial charge in [0.05, 0.1) is 0 Å². The molecule has 1 rings (SSSR count). The lowest BCUT2D eigenvalue weighted by Gasteiger charge is -2.28. The Bertz CT molecular complexity index is 91.4. The summed E-state index contributed by atoms with van der Waals surface area (Å²) in [5, 5.41) is 7.00. The van der Waals surface area contributed by atoms with Crippen LogP contribution in [0.25, 0.3) is 0 Å². The molecule has 0 spiro atoms. The molecule has 0 atom stereocenters. The quantitative estimate of drug-likeness (QED) is 0.678. The summed E-state index contributed by atoms with van der Waals surface area (Å²) in [7, 11) is 1.00. The minimum absolute atomic E-state index is 0.924. The average Bonchev–Trinajstić information content (AvgIpc) is 2.24. The second-order valence-corrected chi connectivity index (χ2v) is 4.26. The Balaban J connectivity index is 0. The predicted octanol–water partition coefficient (Wildman–Crippen LogP) is 4.10. The second kappa shape index (κ2) is 11.0. The van der Waals surface area contributed by atoms with Gasteiger partial charge < -0.3 is 5.11 Å². The summed E-state index contributed by atoms with van der Waals surface area (Å²) < 4.78 is 0. The molecule has 0 heterocycles. The first kappa shape index (κ1) is 16.4. The SMILES string of the molecule is CC.CC1CCC(C(C)C)CC1.CO. The minimum Gasteiger partial charge on any atom is -0.400 e. The topological polar surface area (TPSA) is 20.2 Å². The molecule has 1 heteroatoms. The van der Waals surface area contributed by atoms with Gasteiger partial charge in [-0.15, -0.1) is 0 Å². The van der Waals surface area contributed by atoms with Crippen LogP contribution in [0.5, 0.6) is 0 Å². The van der Waals surface area contributed by atoms with Gasteiger partial charge in [-0.1, -0.05) is 47.5 Å². The van der Waals surface area contributed by atoms with Crippen LogP contribution in [0.15, 0.2) is 0 Å². The summed E-state index contributed by atoms with van der Waals surface area (Å²) in [5.74, 6) is 2.97. The lowest BCUT2D eigenvalue weighted by Crippen LogP contribution is -2.16. The molecular weight excluding hydrogens is 172 g/mol. The highest BCUT2D eigenvalue weighted by Gasteiger charge is 2.19. The van der Waals surface area contributed by atoms with Crippen molar-refractivity contribution < 1.29 is 5.11 Å². The summed E-state index contributed by atoms with van der Waals surface area (Å²) in [5.41, 5.74) is 0. The van der Waals surface area contributed by atoms with Gasteiger partial charge in [0.1, 0.15) is 0 Å². The fourth-order valence-electron chi connectivity index (χ4n) is 1.95. The van der Waals surface area contributed by atoms with E-state index in [0.717, 1.165) is 24.9 Å². The van der Waals surface area contributed by atoms with Gasteiger partial charge in [-0.25, -0.2) is 0 Å². The molecule has 0 aliphatic heterocycles. The monoisotopic (exact) mass is 202 g/mol. The fourth-order valence-corrected chi connectivity index (χ4v) is 1.95. The van der Waals surface area contributed by atoms with Crippen molar-refractivity contribution in [2.45, 2.75) is 60.3 Å². The molecule has 1 aliphatic carbocycles. The first-order chi connectivity index (χ1) is 6.70. The van der Waals surface area contributed by atoms with E-state index >= 15 is 0 Å². The maximum atomic E-state index is 7.00. The molecular formula is C13H30O. The number of hydrogen-bond acceptors (Lipinski definition) is 1. The van der Waals surface area contributed by atoms with Gasteiger partial charge in [0.15, 0.2) is 0 Å². The maximum Gasteiger partial charge on any atom is 0.0319 e. The Labute approximate surface area is 90.9 Å². The molecule has 0 unspecified atom stereocenters. The fraction of sp³-hybridized carbons (Fsp3) is 1.00. The third-order valence-corrected chi connectivity index (χ3v) is 3.00. The van der Waals surface area contributed by atoms with Crippen LogP contribution < -0.4 is 0 Å². The highest BCUT2D eigenvalue weighted by molar-refractivity contribution is 4.71. The van der Waals surface area contributed by atoms with Crippen molar-refractivity contribution in [3.05, 3.63) is 0 Å². The molecule has 0 amide bonds. The van der Waals surface area contributed by atoms with E-state index in [9.17, 15) is 0 Å². The van der Waals surface area contributed by atoms with E-state index in [2.05, 4.69) is 20.8 Å². The largest absolute Gasteiger partial charge is 0.400 e. The van der Waals surface area contributed by atoms with Crippen LogP contribution in [0.2, 0.25) is 0 Å². The molecule has 1 saturated carbocycles. The van der Waals surface area contributed by atoms with Gasteiger partial charge in [-0.05, 0) is 30.6 Å². The van der Waals surface area contributed by atoms with Crippen molar-refractivity contribution in [3.8, 4) is 0 Å². The molecule has 0 aromatic heterocycles. The second-order valence-electron chi connectivity index (χ2n) is 4.26. The van der Waals surface area contributed by atoms with Crippen molar-refractivity contribution in [3.63, 3.8) is 0 Å². The number of hydrogen-bond donors (Lipinski definition) is 1. The van der Waals surface area contributed by atoms with Crippen LogP contribution in [-0.2, 0) is 0 Å². The van der Waals surface area contributed by atoms with E-state index in [1.165, 1.54) is 25.7 Å². The van der Waals surface area contributed by atoms with Crippen molar-refractivity contribution >= 4 is 0 Å². The normalized spacial score (nSPS) is 25.7. The molecule has 0 bridgehead atoms. The van der Waals surface area contributed by atoms with Gasteiger partial charge in [-0.2, -0.15) is 0 Å². The van der Waals surface area contributed by atoms with Gasteiger partial charge >= 0.3 is 0 Å². The van der Waals surface area contributed by atoms with E-state index in [1.807, 2.05) is 13.8 Å². The Morgan fingerprint density at radius 3 is 1.57 bits per heavy atom. The molecule has 1 aliphatic rings. The third kappa shape index (κ3) is 7.37. The van der Waals surface area contributed by atoms with E-state index in [0.29, 0.717) is 0 Å². The van der Waals surface area contributed by atoms with Crippen molar-refractivity contribution in [1.29, 1.82) is 0 Å². The van der Waals surface area contributed by atoms with Crippen LogP contribution in [0.4, 0.5) is 0 Å². The highest BCUT2D eigenvalue weighted by atomic mass is 16.2. The van der Waals surface area contributed by atoms with Gasteiger partial charge in [0, 0.05) is 7.11 Å². The van der Waals surface area contributed by atoms with Crippen molar-refractivity contribution in [2.75, 3.05) is 7.11 Å². The lowest BCUT2D eigenvalue weighted by molar-refractivity contribution is 0.234. The van der Waals surface area contributed by atoms with Crippen LogP contribution in [-0.4, -0.2) is 12.2 Å². The van der Waals surface area contributed by atoms with E-state index in [-0.39, 0.29) is 0 Å². The molecule has 1 nitrogen and oxygen atoms in total. The summed E-state index contributed by atoms with van der Waals surface area (Å²) >= 11 is 0. The molecule has 0 aromatic carbocycles. The summed E-state index contributed by atoms with van der Waals surface area (Å²) in [4.78, 5) is 0. The molecule has 1 fully saturated rings. The van der Waals surface area contributed by atoms with E-state index in [1.54, 1.807) is 0 Å². The standard InChI is InChI=1S/C10H20.C2H6.CH4O/c1-8(2)10-6-4-9(3)5-7-10;2*1-2/h8-10H,4-7H2,1-3H3;1-2H3;2H,1H3. The van der Waals surface area contributed by atoms with Crippen LogP contribution in [0.3, 0.4) is 0 Å². The van der Waals surface area contributed by atoms with Crippen LogP contribution in [0, 0.1) is 17.8 Å². The van der Waals surface area contributed by atoms with Gasteiger partial charge in [0.25, 0.3) is 0 Å². The van der Waals surface area contributed by atoms with Crippen LogP contribution in [0.1, 0.15) is 60.3 Å². The van der Waals surface area contributed by atoms with E-state index in [4.69, 9.17) is 5.11 Å². The smallest absolute Gasteiger partial charge is 0.0319 e. The molecule has 1 N–H and O–H groups in total. The number of aliphatic hydroxyl groups is 1. The maximum absolute atomic E-state index is 7.00. The summed E-state index contributed by atoms with van der Waals surface area (Å²) in [6.07, 6.45) is 5.92. The Hall–Kier alpha value is -0.0400. The summed E-state index contributed by atoms with van der Waals surface area (Å²) in [6, 6.07) is 0. The average molecular weight is 202 g/mol. The van der Waals surface area contributed by atoms with E-state index < -0.39 is 0 Å². The van der Waals surface area contributed by atoms with Gasteiger partial charge in [0.2, 0.25) is 0 Å². The predicted molar refractivity (Wildman–Crippen MR) is 65.5 cm³/mol. The first-order valence-electron chi connectivity index (χ1n) is 6.15. The third-order valence-electron chi connectivity index (χ3n) is 3.00. The minimum atomic E-state index is 0.924. The molecule has 88 valence electrons. The summed E-state index contributed by atoms with van der Waals surface area (Å²) in [6.45, 7) is 11.1. The van der Waals surface area contributed by atoms with Gasteiger partial charge in [-0.3, -0.25) is 0 Å². The first-order valence-corrected chi connectivity index (χ1v) is 6.15. The molecule has 0 radical (unpaired) electrons. The zero-order valence-electron chi connectivity index (χ0n) is 11.0. The number of rotatable bonds is 1. The molecule has 0 aromatic rings. The van der Waals surface area contributed by atoms with Crippen molar-refractivity contribution in [1.82, 2.24) is 0 Å². The Kier molecular flexibility index (Phi) is 12.9. The molecule has 14 heavy (non-hydrogen) atoms. The Morgan fingerprint density at radius 1 is 0.929 bits per heavy atom. The highest BCUT2D eigenvalue weighted by Crippen LogP contribution is 2.32. The number of aliphatic hydroxyl groups excluding tert-OH is 1. The van der Waals surface area contributed by atoms with Crippen LogP contribution >= 0.6 is 0 Å². The lowest BCUT2D eigenvalue weighted by atomic mass is 9.78.